The molecule has 0 aromatic heterocycles. The van der Waals surface area contributed by atoms with Crippen LogP contribution in [0.15, 0.2) is 30.3 Å². The standard InChI is InChI=1S/C16H27N3O4S/c1-22-10-8-18(9-11-23-2)24(20,21)19-12-15(16(17)13-19)14-6-4-3-5-7-14/h3-7,15-16H,8-13,17H2,1-2H3/t15-,16+/m0/s1. The zero-order valence-electron chi connectivity index (χ0n) is 14.3. The van der Waals surface area contributed by atoms with Gasteiger partial charge in [-0.3, -0.25) is 0 Å². The Kier molecular flexibility index (Phi) is 7.15. The fourth-order valence-corrected chi connectivity index (χ4v) is 4.57. The van der Waals surface area contributed by atoms with Crippen molar-refractivity contribution in [1.82, 2.24) is 8.61 Å². The fraction of sp³-hybridized carbons (Fsp3) is 0.625. The molecule has 24 heavy (non-hydrogen) atoms. The van der Waals surface area contributed by atoms with Crippen molar-refractivity contribution in [2.45, 2.75) is 12.0 Å². The van der Waals surface area contributed by atoms with Gasteiger partial charge in [0.25, 0.3) is 10.2 Å². The number of methoxy groups -OCH3 is 2. The van der Waals surface area contributed by atoms with Gasteiger partial charge in [-0.2, -0.15) is 17.0 Å². The van der Waals surface area contributed by atoms with Crippen LogP contribution in [0.25, 0.3) is 0 Å². The summed E-state index contributed by atoms with van der Waals surface area (Å²) in [6.07, 6.45) is 0. The van der Waals surface area contributed by atoms with Gasteiger partial charge in [0.05, 0.1) is 13.2 Å². The Morgan fingerprint density at radius 3 is 2.25 bits per heavy atom. The molecule has 2 rings (SSSR count). The minimum Gasteiger partial charge on any atom is -0.383 e. The molecule has 1 fully saturated rings. The number of nitrogens with zero attached hydrogens (tertiary/aromatic N) is 2. The lowest BCUT2D eigenvalue weighted by molar-refractivity contribution is 0.147. The molecule has 2 N–H and O–H groups in total. The molecule has 1 aliphatic rings. The van der Waals surface area contributed by atoms with Gasteiger partial charge in [-0.25, -0.2) is 0 Å². The highest BCUT2D eigenvalue weighted by Crippen LogP contribution is 2.29. The number of hydrogen-bond acceptors (Lipinski definition) is 5. The summed E-state index contributed by atoms with van der Waals surface area (Å²) in [5.41, 5.74) is 7.30. The van der Waals surface area contributed by atoms with Crippen molar-refractivity contribution in [3.63, 3.8) is 0 Å². The molecular formula is C16H27N3O4S. The van der Waals surface area contributed by atoms with Gasteiger partial charge in [0.2, 0.25) is 0 Å². The molecule has 1 aromatic rings. The van der Waals surface area contributed by atoms with E-state index in [9.17, 15) is 8.42 Å². The molecule has 0 spiro atoms. The third-order valence-corrected chi connectivity index (χ3v) is 6.27. The van der Waals surface area contributed by atoms with Gasteiger partial charge in [-0.1, -0.05) is 30.3 Å². The van der Waals surface area contributed by atoms with Crippen molar-refractivity contribution in [3.8, 4) is 0 Å². The first-order valence-corrected chi connectivity index (χ1v) is 9.44. The maximum atomic E-state index is 13.0. The van der Waals surface area contributed by atoms with Gasteiger partial charge in [0.1, 0.15) is 0 Å². The third-order valence-electron chi connectivity index (χ3n) is 4.30. The number of nitrogens with two attached hydrogens (primary N) is 1. The van der Waals surface area contributed by atoms with Crippen LogP contribution in [0.3, 0.4) is 0 Å². The summed E-state index contributed by atoms with van der Waals surface area (Å²) >= 11 is 0. The van der Waals surface area contributed by atoms with Crippen LogP contribution < -0.4 is 5.73 Å². The molecule has 0 saturated carbocycles. The summed E-state index contributed by atoms with van der Waals surface area (Å²) < 4.78 is 38.8. The topological polar surface area (TPSA) is 85.1 Å². The second-order valence-electron chi connectivity index (χ2n) is 5.89. The summed E-state index contributed by atoms with van der Waals surface area (Å²) in [7, 11) is -0.485. The number of ether oxygens (including phenoxy) is 2. The molecule has 1 heterocycles. The second kappa shape index (κ2) is 8.89. The maximum absolute atomic E-state index is 13.0. The van der Waals surface area contributed by atoms with Crippen LogP contribution in [-0.2, 0) is 19.7 Å². The van der Waals surface area contributed by atoms with Crippen LogP contribution in [0.4, 0.5) is 0 Å². The number of rotatable bonds is 9. The summed E-state index contributed by atoms with van der Waals surface area (Å²) in [5.74, 6) is 0.00711. The minimum atomic E-state index is -3.59. The largest absolute Gasteiger partial charge is 0.383 e. The van der Waals surface area contributed by atoms with Crippen LogP contribution in [0.1, 0.15) is 11.5 Å². The summed E-state index contributed by atoms with van der Waals surface area (Å²) in [5, 5.41) is 0. The van der Waals surface area contributed by atoms with Crippen LogP contribution in [-0.4, -0.2) is 76.7 Å². The highest BCUT2D eigenvalue weighted by molar-refractivity contribution is 7.86. The normalized spacial score (nSPS) is 22.3. The van der Waals surface area contributed by atoms with Gasteiger partial charge in [-0.05, 0) is 5.56 Å². The van der Waals surface area contributed by atoms with Gasteiger partial charge < -0.3 is 15.2 Å². The predicted molar refractivity (Wildman–Crippen MR) is 93.0 cm³/mol. The minimum absolute atomic E-state index is 0.00711. The highest BCUT2D eigenvalue weighted by Gasteiger charge is 2.40. The maximum Gasteiger partial charge on any atom is 0.282 e. The lowest BCUT2D eigenvalue weighted by Crippen LogP contribution is -2.46. The van der Waals surface area contributed by atoms with E-state index < -0.39 is 10.2 Å². The summed E-state index contributed by atoms with van der Waals surface area (Å²) in [6, 6.07) is 9.61. The van der Waals surface area contributed by atoms with E-state index in [0.29, 0.717) is 39.4 Å². The van der Waals surface area contributed by atoms with Gasteiger partial charge in [0, 0.05) is 52.4 Å². The van der Waals surface area contributed by atoms with Crippen molar-refractivity contribution >= 4 is 10.2 Å². The zero-order chi connectivity index (χ0) is 17.6. The summed E-state index contributed by atoms with van der Waals surface area (Å²) in [4.78, 5) is 0. The Hall–Kier alpha value is -1.03. The smallest absolute Gasteiger partial charge is 0.282 e. The Morgan fingerprint density at radius 2 is 1.71 bits per heavy atom. The van der Waals surface area contributed by atoms with Gasteiger partial charge in [0.15, 0.2) is 0 Å². The quantitative estimate of drug-likeness (QED) is 0.685. The Morgan fingerprint density at radius 1 is 1.12 bits per heavy atom. The lowest BCUT2D eigenvalue weighted by Gasteiger charge is -2.27. The number of hydrogen-bond donors (Lipinski definition) is 1. The molecule has 1 saturated heterocycles. The van der Waals surface area contributed by atoms with E-state index in [2.05, 4.69) is 0 Å². The van der Waals surface area contributed by atoms with Crippen molar-refractivity contribution in [3.05, 3.63) is 35.9 Å². The first-order chi connectivity index (χ1) is 11.5. The average molecular weight is 357 g/mol. The van der Waals surface area contributed by atoms with Gasteiger partial charge >= 0.3 is 0 Å². The fourth-order valence-electron chi connectivity index (χ4n) is 2.92. The van der Waals surface area contributed by atoms with E-state index in [4.69, 9.17) is 15.2 Å². The van der Waals surface area contributed by atoms with E-state index >= 15 is 0 Å². The molecule has 0 radical (unpaired) electrons. The first kappa shape index (κ1) is 19.3. The Bertz CT molecular complexity index is 589. The summed E-state index contributed by atoms with van der Waals surface area (Å²) in [6.45, 7) is 1.98. The molecule has 0 aliphatic carbocycles. The molecule has 1 aromatic carbocycles. The van der Waals surface area contributed by atoms with Crippen LogP contribution in [0.5, 0.6) is 0 Å². The van der Waals surface area contributed by atoms with Crippen molar-refractivity contribution < 1.29 is 17.9 Å². The van der Waals surface area contributed by atoms with Gasteiger partial charge in [-0.15, -0.1) is 0 Å². The molecule has 136 valence electrons. The Labute approximate surface area is 144 Å². The molecule has 0 unspecified atom stereocenters. The molecule has 8 heteroatoms. The van der Waals surface area contributed by atoms with E-state index in [1.54, 1.807) is 14.2 Å². The first-order valence-electron chi connectivity index (χ1n) is 8.04. The van der Waals surface area contributed by atoms with Crippen LogP contribution >= 0.6 is 0 Å². The average Bonchev–Trinajstić information content (AvgIpc) is 2.98. The Balaban J connectivity index is 2.13. The third kappa shape index (κ3) is 4.53. The van der Waals surface area contributed by atoms with Crippen LogP contribution in [0.2, 0.25) is 0 Å². The van der Waals surface area contributed by atoms with E-state index in [1.807, 2.05) is 30.3 Å². The van der Waals surface area contributed by atoms with E-state index in [0.717, 1.165) is 5.56 Å². The van der Waals surface area contributed by atoms with Crippen molar-refractivity contribution in [2.24, 2.45) is 5.73 Å². The van der Waals surface area contributed by atoms with Crippen LogP contribution in [0, 0.1) is 0 Å². The molecule has 7 nitrogen and oxygen atoms in total. The SMILES string of the molecule is COCCN(CCOC)S(=O)(=O)N1C[C@@H](N)[C@H](c2ccccc2)C1. The zero-order valence-corrected chi connectivity index (χ0v) is 15.1. The van der Waals surface area contributed by atoms with Crippen molar-refractivity contribution in [2.75, 3.05) is 53.6 Å². The monoisotopic (exact) mass is 357 g/mol. The molecule has 2 atom stereocenters. The lowest BCUT2D eigenvalue weighted by atomic mass is 9.95. The molecular weight excluding hydrogens is 330 g/mol. The molecule has 0 bridgehead atoms. The molecule has 1 aliphatic heterocycles. The predicted octanol–water partition coefficient (Wildman–Crippen LogP) is 0.253. The highest BCUT2D eigenvalue weighted by atomic mass is 32.2. The van der Waals surface area contributed by atoms with E-state index in [-0.39, 0.29) is 12.0 Å². The second-order valence-corrected chi connectivity index (χ2v) is 7.82. The van der Waals surface area contributed by atoms with E-state index in [1.165, 1.54) is 8.61 Å². The molecule has 0 amide bonds. The van der Waals surface area contributed by atoms with Crippen molar-refractivity contribution in [1.29, 1.82) is 0 Å². The number of benzene rings is 1.